The molecule has 1 saturated heterocycles. The van der Waals surface area contributed by atoms with Crippen LogP contribution in [-0.2, 0) is 16.1 Å². The molecule has 186 valence electrons. The summed E-state index contributed by atoms with van der Waals surface area (Å²) in [6.07, 6.45) is -0.115. The van der Waals surface area contributed by atoms with Crippen LogP contribution < -0.4 is 19.1 Å². The number of rotatable bonds is 8. The van der Waals surface area contributed by atoms with Crippen LogP contribution >= 0.6 is 0 Å². The predicted molar refractivity (Wildman–Crippen MR) is 134 cm³/mol. The Morgan fingerprint density at radius 3 is 2.17 bits per heavy atom. The fourth-order valence-corrected chi connectivity index (χ4v) is 4.21. The average molecular weight is 489 g/mol. The first kappa shape index (κ1) is 24.8. The van der Waals surface area contributed by atoms with E-state index >= 15 is 0 Å². The van der Waals surface area contributed by atoms with Crippen molar-refractivity contribution in [1.82, 2.24) is 4.90 Å². The Kier molecular flexibility index (Phi) is 7.24. The molecule has 4 rings (SSSR count). The fraction of sp³-hybridized carbons (Fsp3) is 0.250. The largest absolute Gasteiger partial charge is 0.497 e. The number of aryl methyl sites for hydroxylation is 1. The van der Waals surface area contributed by atoms with Crippen LogP contribution in [0.2, 0.25) is 0 Å². The Hall–Kier alpha value is -4.33. The number of hydrogen-bond donors (Lipinski definition) is 0. The second kappa shape index (κ2) is 10.5. The normalized spacial score (nSPS) is 15.1. The zero-order chi connectivity index (χ0) is 25.8. The van der Waals surface area contributed by atoms with E-state index in [4.69, 9.17) is 14.2 Å². The molecule has 0 aromatic heterocycles. The van der Waals surface area contributed by atoms with Crippen LogP contribution in [0.4, 0.5) is 5.69 Å². The van der Waals surface area contributed by atoms with Gasteiger partial charge in [0.2, 0.25) is 5.91 Å². The Labute approximate surface area is 210 Å². The van der Waals surface area contributed by atoms with Gasteiger partial charge in [-0.15, -0.1) is 0 Å². The topological polar surface area (TPSA) is 85.4 Å². The van der Waals surface area contributed by atoms with Crippen molar-refractivity contribution in [1.29, 1.82) is 0 Å². The molecule has 36 heavy (non-hydrogen) atoms. The smallest absolute Gasteiger partial charge is 0.257 e. The lowest BCUT2D eigenvalue weighted by Gasteiger charge is -2.28. The molecule has 0 saturated carbocycles. The number of nitrogens with zero attached hydrogens (tertiary/aromatic N) is 2. The van der Waals surface area contributed by atoms with Gasteiger partial charge in [0.15, 0.2) is 11.5 Å². The van der Waals surface area contributed by atoms with Gasteiger partial charge in [-0.3, -0.25) is 14.4 Å². The molecule has 1 aliphatic heterocycles. The lowest BCUT2D eigenvalue weighted by Crippen LogP contribution is -2.45. The zero-order valence-electron chi connectivity index (χ0n) is 20.7. The van der Waals surface area contributed by atoms with Gasteiger partial charge in [0, 0.05) is 12.1 Å². The number of imide groups is 1. The van der Waals surface area contributed by atoms with Gasteiger partial charge in [-0.2, -0.15) is 0 Å². The minimum Gasteiger partial charge on any atom is -0.497 e. The number of carbonyl (C=O) groups excluding carboxylic acids is 3. The Morgan fingerprint density at radius 2 is 1.56 bits per heavy atom. The van der Waals surface area contributed by atoms with Crippen LogP contribution in [0.1, 0.15) is 27.9 Å². The molecule has 1 unspecified atom stereocenters. The first-order valence-corrected chi connectivity index (χ1v) is 11.5. The van der Waals surface area contributed by atoms with Crippen molar-refractivity contribution in [3.05, 3.63) is 83.4 Å². The van der Waals surface area contributed by atoms with Gasteiger partial charge in [-0.25, -0.2) is 4.90 Å². The van der Waals surface area contributed by atoms with Gasteiger partial charge in [-0.05, 0) is 55.0 Å². The number of hydrogen-bond acceptors (Lipinski definition) is 6. The maximum Gasteiger partial charge on any atom is 0.257 e. The number of methoxy groups -OCH3 is 3. The third-order valence-electron chi connectivity index (χ3n) is 6.19. The summed E-state index contributed by atoms with van der Waals surface area (Å²) in [4.78, 5) is 42.9. The maximum atomic E-state index is 13.8. The van der Waals surface area contributed by atoms with Gasteiger partial charge >= 0.3 is 0 Å². The van der Waals surface area contributed by atoms with E-state index in [0.29, 0.717) is 28.5 Å². The van der Waals surface area contributed by atoms with Crippen LogP contribution in [0, 0.1) is 6.92 Å². The summed E-state index contributed by atoms with van der Waals surface area (Å²) in [5.74, 6) is 0.276. The van der Waals surface area contributed by atoms with Gasteiger partial charge in [0.05, 0.1) is 33.4 Å². The Morgan fingerprint density at radius 1 is 0.889 bits per heavy atom. The van der Waals surface area contributed by atoms with Gasteiger partial charge in [0.25, 0.3) is 11.8 Å². The molecule has 8 nitrogen and oxygen atoms in total. The van der Waals surface area contributed by atoms with Crippen LogP contribution in [0.5, 0.6) is 17.2 Å². The molecule has 8 heteroatoms. The lowest BCUT2D eigenvalue weighted by atomic mass is 10.1. The molecule has 0 bridgehead atoms. The molecule has 0 N–H and O–H groups in total. The van der Waals surface area contributed by atoms with Crippen molar-refractivity contribution >= 4 is 23.4 Å². The Bertz CT molecular complexity index is 1270. The molecule has 0 radical (unpaired) electrons. The van der Waals surface area contributed by atoms with E-state index in [1.807, 2.05) is 31.2 Å². The summed E-state index contributed by atoms with van der Waals surface area (Å²) in [7, 11) is 4.54. The highest BCUT2D eigenvalue weighted by Crippen LogP contribution is 2.31. The van der Waals surface area contributed by atoms with Gasteiger partial charge in [0.1, 0.15) is 11.8 Å². The second-order valence-electron chi connectivity index (χ2n) is 8.47. The van der Waals surface area contributed by atoms with Crippen LogP contribution in [0.3, 0.4) is 0 Å². The third-order valence-corrected chi connectivity index (χ3v) is 6.19. The summed E-state index contributed by atoms with van der Waals surface area (Å²) in [5, 5.41) is 0. The summed E-state index contributed by atoms with van der Waals surface area (Å²) in [6.45, 7) is 2.13. The van der Waals surface area contributed by atoms with Crippen LogP contribution in [0.15, 0.2) is 66.7 Å². The predicted octanol–water partition coefficient (Wildman–Crippen LogP) is 4.00. The molecule has 3 amide bonds. The number of benzene rings is 3. The number of amides is 3. The number of carbonyl (C=O) groups is 3. The highest BCUT2D eigenvalue weighted by atomic mass is 16.5. The monoisotopic (exact) mass is 488 g/mol. The van der Waals surface area contributed by atoms with Crippen molar-refractivity contribution in [2.75, 3.05) is 26.2 Å². The average Bonchev–Trinajstić information content (AvgIpc) is 3.20. The maximum absolute atomic E-state index is 13.8. The molecule has 1 fully saturated rings. The first-order chi connectivity index (χ1) is 17.4. The van der Waals surface area contributed by atoms with Crippen molar-refractivity contribution in [3.8, 4) is 17.2 Å². The third kappa shape index (κ3) is 4.88. The summed E-state index contributed by atoms with van der Waals surface area (Å²) < 4.78 is 15.8. The van der Waals surface area contributed by atoms with Crippen molar-refractivity contribution in [2.45, 2.75) is 25.9 Å². The summed E-state index contributed by atoms with van der Waals surface area (Å²) >= 11 is 0. The second-order valence-corrected chi connectivity index (χ2v) is 8.47. The van der Waals surface area contributed by atoms with Crippen molar-refractivity contribution in [3.63, 3.8) is 0 Å². The highest BCUT2D eigenvalue weighted by molar-refractivity contribution is 6.23. The molecular weight excluding hydrogens is 460 g/mol. The van der Waals surface area contributed by atoms with E-state index in [0.717, 1.165) is 16.0 Å². The van der Waals surface area contributed by atoms with E-state index in [9.17, 15) is 14.4 Å². The number of anilines is 1. The van der Waals surface area contributed by atoms with Gasteiger partial charge in [-0.1, -0.05) is 29.8 Å². The van der Waals surface area contributed by atoms with Crippen molar-refractivity contribution in [2.24, 2.45) is 0 Å². The highest BCUT2D eigenvalue weighted by Gasteiger charge is 2.44. The fourth-order valence-electron chi connectivity index (χ4n) is 4.21. The SMILES string of the molecule is COc1ccc(N2C(=O)CC(N(Cc3ccc(C)cc3)C(=O)c3ccc(OC)c(OC)c3)C2=O)cc1. The quantitative estimate of drug-likeness (QED) is 0.446. The van der Waals surface area contributed by atoms with E-state index in [1.54, 1.807) is 49.6 Å². The molecule has 0 aliphatic carbocycles. The molecule has 3 aromatic rings. The number of ether oxygens (including phenoxy) is 3. The van der Waals surface area contributed by atoms with E-state index in [2.05, 4.69) is 0 Å². The lowest BCUT2D eigenvalue weighted by molar-refractivity contribution is -0.122. The standard InChI is InChI=1S/C28H28N2O6/c1-18-5-7-19(8-6-18)17-29(27(32)20-9-14-24(35-3)25(15-20)36-4)23-16-26(31)30(28(23)33)21-10-12-22(34-2)13-11-21/h5-15,23H,16-17H2,1-4H3. The molecule has 3 aromatic carbocycles. The minimum atomic E-state index is -0.957. The zero-order valence-corrected chi connectivity index (χ0v) is 20.7. The molecule has 1 atom stereocenters. The minimum absolute atomic E-state index is 0.115. The van der Waals surface area contributed by atoms with Crippen LogP contribution in [-0.4, -0.2) is 50.0 Å². The molecule has 0 spiro atoms. The van der Waals surface area contributed by atoms with Gasteiger partial charge < -0.3 is 19.1 Å². The van der Waals surface area contributed by atoms with Crippen molar-refractivity contribution < 1.29 is 28.6 Å². The first-order valence-electron chi connectivity index (χ1n) is 11.5. The summed E-state index contributed by atoms with van der Waals surface area (Å²) in [6, 6.07) is 18.3. The molecule has 1 heterocycles. The van der Waals surface area contributed by atoms with E-state index in [-0.39, 0.29) is 24.8 Å². The molecular formula is C28H28N2O6. The molecule has 1 aliphatic rings. The Balaban J connectivity index is 1.70. The van der Waals surface area contributed by atoms with E-state index < -0.39 is 11.9 Å². The van der Waals surface area contributed by atoms with E-state index in [1.165, 1.54) is 19.1 Å². The van der Waals surface area contributed by atoms with Crippen LogP contribution in [0.25, 0.3) is 0 Å². The summed E-state index contributed by atoms with van der Waals surface area (Å²) in [5.41, 5.74) is 2.68.